The van der Waals surface area contributed by atoms with Crippen LogP contribution in [0.3, 0.4) is 0 Å². The second-order valence-electron chi connectivity index (χ2n) is 7.43. The minimum Gasteiger partial charge on any atom is -0.489 e. The molecular weight excluding hydrogens is 491 g/mol. The fraction of sp³-hybridized carbons (Fsp3) is 0.250. The Labute approximate surface area is 213 Å². The Morgan fingerprint density at radius 1 is 1.20 bits per heavy atom. The van der Waals surface area contributed by atoms with Gasteiger partial charge in [-0.15, -0.1) is 0 Å². The van der Waals surface area contributed by atoms with Crippen molar-refractivity contribution < 1.29 is 14.3 Å². The Morgan fingerprint density at radius 3 is 2.49 bits per heavy atom. The van der Waals surface area contributed by atoms with Crippen LogP contribution in [0.1, 0.15) is 16.7 Å². The van der Waals surface area contributed by atoms with Gasteiger partial charge in [0.15, 0.2) is 0 Å². The summed E-state index contributed by atoms with van der Waals surface area (Å²) in [4.78, 5) is 19.9. The van der Waals surface area contributed by atoms with Crippen molar-refractivity contribution in [1.29, 1.82) is 5.41 Å². The zero-order valence-electron chi connectivity index (χ0n) is 19.1. The molecule has 184 valence electrons. The van der Waals surface area contributed by atoms with Gasteiger partial charge in [0.25, 0.3) is 0 Å². The number of carbonyl (C=O) groups excluding carboxylic acids is 1. The van der Waals surface area contributed by atoms with Crippen molar-refractivity contribution in [2.45, 2.75) is 6.61 Å². The van der Waals surface area contributed by atoms with Gasteiger partial charge in [-0.1, -0.05) is 23.2 Å². The lowest BCUT2D eigenvalue weighted by atomic mass is 10.0. The van der Waals surface area contributed by atoms with Crippen molar-refractivity contribution in [1.82, 2.24) is 14.9 Å². The van der Waals surface area contributed by atoms with E-state index in [2.05, 4.69) is 15.3 Å². The summed E-state index contributed by atoms with van der Waals surface area (Å²) in [5, 5.41) is 12.3. The monoisotopic (exact) mass is 516 g/mol. The summed E-state index contributed by atoms with van der Waals surface area (Å²) in [7, 11) is 1.79. The van der Waals surface area contributed by atoms with E-state index in [1.807, 2.05) is 6.07 Å². The molecule has 3 heterocycles. The van der Waals surface area contributed by atoms with Crippen LogP contribution in [0.5, 0.6) is 5.75 Å². The van der Waals surface area contributed by atoms with Crippen molar-refractivity contribution in [3.8, 4) is 5.75 Å². The van der Waals surface area contributed by atoms with Crippen LogP contribution >= 0.6 is 23.2 Å². The number of benzene rings is 1. The predicted octanol–water partition coefficient (Wildman–Crippen LogP) is 3.88. The lowest BCUT2D eigenvalue weighted by Gasteiger charge is -2.21. The highest BCUT2D eigenvalue weighted by molar-refractivity contribution is 6.35. The maximum Gasteiger partial charge on any atom is 0.209 e. The fourth-order valence-corrected chi connectivity index (χ4v) is 3.57. The average molecular weight is 517 g/mol. The molecule has 1 saturated heterocycles. The van der Waals surface area contributed by atoms with Gasteiger partial charge in [-0.2, -0.15) is 0 Å². The van der Waals surface area contributed by atoms with E-state index >= 15 is 0 Å². The molecule has 1 aliphatic rings. The van der Waals surface area contributed by atoms with E-state index in [1.165, 1.54) is 12.4 Å². The van der Waals surface area contributed by atoms with Crippen LogP contribution in [-0.4, -0.2) is 60.3 Å². The Morgan fingerprint density at radius 2 is 1.91 bits per heavy atom. The summed E-state index contributed by atoms with van der Waals surface area (Å²) in [5.41, 5.74) is 8.65. The molecule has 0 bridgehead atoms. The highest BCUT2D eigenvalue weighted by Gasteiger charge is 2.12. The molecule has 3 aromatic rings. The van der Waals surface area contributed by atoms with Gasteiger partial charge in [-0.3, -0.25) is 15.2 Å². The van der Waals surface area contributed by atoms with Crippen LogP contribution in [0.2, 0.25) is 10.0 Å². The van der Waals surface area contributed by atoms with Crippen LogP contribution in [0, 0.1) is 5.41 Å². The van der Waals surface area contributed by atoms with Gasteiger partial charge in [-0.05, 0) is 30.3 Å². The number of aromatic nitrogens is 2. The normalized spacial score (nSPS) is 12.8. The number of amides is 1. The minimum atomic E-state index is 0.176. The summed E-state index contributed by atoms with van der Waals surface area (Å²) >= 11 is 12.2. The van der Waals surface area contributed by atoms with Gasteiger partial charge in [0.1, 0.15) is 18.2 Å². The Kier molecular flexibility index (Phi) is 9.66. The molecule has 0 radical (unpaired) electrons. The molecule has 4 N–H and O–H groups in total. The minimum absolute atomic E-state index is 0.176. The highest BCUT2D eigenvalue weighted by Crippen LogP contribution is 2.27. The summed E-state index contributed by atoms with van der Waals surface area (Å²) in [6.45, 7) is 3.07. The number of morpholine rings is 1. The van der Waals surface area contributed by atoms with Gasteiger partial charge in [-0.25, -0.2) is 4.98 Å². The van der Waals surface area contributed by atoms with Crippen molar-refractivity contribution >= 4 is 46.8 Å². The van der Waals surface area contributed by atoms with Crippen LogP contribution in [-0.2, 0) is 16.1 Å². The van der Waals surface area contributed by atoms with Crippen molar-refractivity contribution in [2.24, 2.45) is 0 Å². The molecule has 0 saturated carbocycles. The van der Waals surface area contributed by atoms with E-state index in [4.69, 9.17) is 43.8 Å². The molecule has 9 nitrogen and oxygen atoms in total. The summed E-state index contributed by atoms with van der Waals surface area (Å²) in [6, 6.07) is 8.76. The van der Waals surface area contributed by atoms with Gasteiger partial charge in [0, 0.05) is 61.1 Å². The standard InChI is InChI=1S/C19H17Cl2N5O.C5H9NO2/c1-24-18-5-2-11(7-26-18)19(23)13-6-12(3-4-17(13)22)27-10-14-15(20)8-25-9-16(14)21;7-5-6-1-3-8-4-2-6/h2-9,23H,10,22H2,1H3,(H,24,26);5H,1-4H2. The number of ether oxygens (including phenoxy) is 2. The number of halogens is 2. The first kappa shape index (κ1) is 26.2. The molecule has 2 aromatic heterocycles. The molecule has 0 aliphatic carbocycles. The number of nitrogens with two attached hydrogens (primary N) is 1. The first-order valence-electron chi connectivity index (χ1n) is 10.7. The van der Waals surface area contributed by atoms with Crippen LogP contribution in [0.25, 0.3) is 0 Å². The Bertz CT molecular complexity index is 1130. The van der Waals surface area contributed by atoms with Crippen LogP contribution < -0.4 is 15.8 Å². The van der Waals surface area contributed by atoms with E-state index < -0.39 is 0 Å². The number of rotatable bonds is 7. The molecule has 11 heteroatoms. The molecule has 4 rings (SSSR count). The molecule has 1 aromatic carbocycles. The summed E-state index contributed by atoms with van der Waals surface area (Å²) in [5.74, 6) is 1.27. The zero-order chi connectivity index (χ0) is 25.2. The van der Waals surface area contributed by atoms with Gasteiger partial charge >= 0.3 is 0 Å². The quantitative estimate of drug-likeness (QED) is 0.247. The predicted molar refractivity (Wildman–Crippen MR) is 138 cm³/mol. The van der Waals surface area contributed by atoms with E-state index in [0.29, 0.717) is 51.4 Å². The average Bonchev–Trinajstić information content (AvgIpc) is 2.90. The third-order valence-electron chi connectivity index (χ3n) is 5.13. The fourth-order valence-electron chi connectivity index (χ4n) is 3.10. The summed E-state index contributed by atoms with van der Waals surface area (Å²) in [6.07, 6.45) is 5.51. The first-order valence-corrected chi connectivity index (χ1v) is 11.5. The zero-order valence-corrected chi connectivity index (χ0v) is 20.6. The number of carbonyl (C=O) groups is 1. The van der Waals surface area contributed by atoms with Gasteiger partial charge in [0.05, 0.1) is 29.0 Å². The molecule has 0 atom stereocenters. The van der Waals surface area contributed by atoms with Crippen LogP contribution in [0.15, 0.2) is 48.9 Å². The molecule has 35 heavy (non-hydrogen) atoms. The Balaban J connectivity index is 0.000000363. The topological polar surface area (TPSA) is 126 Å². The third-order valence-corrected chi connectivity index (χ3v) is 5.78. The molecule has 0 spiro atoms. The number of hydrogen-bond acceptors (Lipinski definition) is 8. The SMILES string of the molecule is CNc1ccc(C(=N)c2cc(OCc3c(Cl)cncc3Cl)ccc2N)cn1.O=CN1CCOCC1. The smallest absolute Gasteiger partial charge is 0.209 e. The van der Waals surface area contributed by atoms with E-state index in [-0.39, 0.29) is 12.3 Å². The van der Waals surface area contributed by atoms with Gasteiger partial charge in [0.2, 0.25) is 6.41 Å². The number of anilines is 2. The van der Waals surface area contributed by atoms with E-state index in [1.54, 1.807) is 42.4 Å². The lowest BCUT2D eigenvalue weighted by molar-refractivity contribution is -0.121. The molecule has 1 aliphatic heterocycles. The number of nitrogen functional groups attached to an aromatic ring is 1. The highest BCUT2D eigenvalue weighted by atomic mass is 35.5. The number of nitrogens with zero attached hydrogens (tertiary/aromatic N) is 3. The maximum atomic E-state index is 10.0. The first-order chi connectivity index (χ1) is 16.9. The van der Waals surface area contributed by atoms with E-state index in [0.717, 1.165) is 25.3 Å². The molecule has 1 fully saturated rings. The Hall–Kier alpha value is -3.40. The molecule has 0 unspecified atom stereocenters. The van der Waals surface area contributed by atoms with Gasteiger partial charge < -0.3 is 25.4 Å². The molecule has 1 amide bonds. The van der Waals surface area contributed by atoms with E-state index in [9.17, 15) is 4.79 Å². The molecular formula is C24H26Cl2N6O3. The lowest BCUT2D eigenvalue weighted by Crippen LogP contribution is -2.34. The van der Waals surface area contributed by atoms with Crippen molar-refractivity contribution in [3.05, 3.63) is 75.7 Å². The number of nitrogens with one attached hydrogen (secondary N) is 2. The maximum absolute atomic E-state index is 10.0. The van der Waals surface area contributed by atoms with Crippen molar-refractivity contribution in [2.75, 3.05) is 44.4 Å². The second-order valence-corrected chi connectivity index (χ2v) is 8.24. The number of hydrogen-bond donors (Lipinski definition) is 3. The second kappa shape index (κ2) is 12.9. The summed E-state index contributed by atoms with van der Waals surface area (Å²) < 4.78 is 10.8. The van der Waals surface area contributed by atoms with Crippen molar-refractivity contribution in [3.63, 3.8) is 0 Å². The largest absolute Gasteiger partial charge is 0.489 e. The third kappa shape index (κ3) is 7.29. The van der Waals surface area contributed by atoms with Crippen LogP contribution in [0.4, 0.5) is 11.5 Å². The number of pyridine rings is 2.